The molecule has 1 atom stereocenters. The lowest BCUT2D eigenvalue weighted by Crippen LogP contribution is -2.28. The van der Waals surface area contributed by atoms with E-state index in [0.29, 0.717) is 32.1 Å². The predicted molar refractivity (Wildman–Crippen MR) is 98.9 cm³/mol. The lowest BCUT2D eigenvalue weighted by molar-refractivity contribution is 0.0939. The van der Waals surface area contributed by atoms with Crippen LogP contribution in [0.25, 0.3) is 5.82 Å². The van der Waals surface area contributed by atoms with Gasteiger partial charge in [-0.15, -0.1) is 0 Å². The van der Waals surface area contributed by atoms with Gasteiger partial charge in [0.25, 0.3) is 5.91 Å². The Hall–Kier alpha value is -2.76. The number of nitriles is 1. The molecule has 0 saturated heterocycles. The monoisotopic (exact) mass is 430 g/mol. The van der Waals surface area contributed by atoms with Crippen LogP contribution < -0.4 is 5.32 Å². The number of nitrogens with one attached hydrogen (secondary N) is 1. The van der Waals surface area contributed by atoms with Gasteiger partial charge in [0.15, 0.2) is 5.82 Å². The molecule has 1 amide bonds. The summed E-state index contributed by atoms with van der Waals surface area (Å²) in [5, 5.41) is 16.5. The molecule has 26 heavy (non-hydrogen) atoms. The number of amides is 1. The lowest BCUT2D eigenvalue weighted by Gasteiger charge is -2.16. The van der Waals surface area contributed by atoms with Gasteiger partial charge >= 0.3 is 0 Å². The first kappa shape index (κ1) is 18.0. The Balaban J connectivity index is 1.87. The molecule has 0 aliphatic rings. The molecule has 0 aliphatic carbocycles. The summed E-state index contributed by atoms with van der Waals surface area (Å²) in [7, 11) is 0. The SMILES string of the molecule is CC(NC(=O)c1cc(Br)cc(C#N)c1)c1nccnc1-n1cc(Cl)cn1. The fourth-order valence-corrected chi connectivity index (χ4v) is 3.00. The number of rotatable bonds is 4. The zero-order valence-corrected chi connectivity index (χ0v) is 15.9. The van der Waals surface area contributed by atoms with Crippen molar-refractivity contribution in [1.29, 1.82) is 5.26 Å². The Bertz CT molecular complexity index is 1010. The molecule has 2 heterocycles. The Morgan fingerprint density at radius 1 is 1.35 bits per heavy atom. The fourth-order valence-electron chi connectivity index (χ4n) is 2.37. The molecule has 0 aliphatic heterocycles. The average molecular weight is 432 g/mol. The van der Waals surface area contributed by atoms with Crippen LogP contribution in [-0.2, 0) is 0 Å². The number of nitrogens with zero attached hydrogens (tertiary/aromatic N) is 5. The van der Waals surface area contributed by atoms with E-state index in [-0.39, 0.29) is 5.91 Å². The maximum absolute atomic E-state index is 12.6. The van der Waals surface area contributed by atoms with Crippen LogP contribution in [0.4, 0.5) is 0 Å². The number of carbonyl (C=O) groups excluding carboxylic acids is 1. The predicted octanol–water partition coefficient (Wildman–Crippen LogP) is 3.44. The minimum absolute atomic E-state index is 0.328. The van der Waals surface area contributed by atoms with Crippen LogP contribution in [0, 0.1) is 11.3 Å². The van der Waals surface area contributed by atoms with Crippen LogP contribution in [0.2, 0.25) is 5.02 Å². The standard InChI is InChI=1S/C17H12BrClN6O/c1-10(24-17(26)12-4-11(7-20)5-13(18)6-12)15-16(22-3-2-21-15)25-9-14(19)8-23-25/h2-6,8-10H,1H3,(H,24,26). The number of aromatic nitrogens is 4. The Kier molecular flexibility index (Phi) is 5.30. The van der Waals surface area contributed by atoms with Gasteiger partial charge in [-0.05, 0) is 25.1 Å². The van der Waals surface area contributed by atoms with Crippen LogP contribution in [0.3, 0.4) is 0 Å². The summed E-state index contributed by atoms with van der Waals surface area (Å²) in [6.45, 7) is 1.79. The van der Waals surface area contributed by atoms with Gasteiger partial charge in [0.1, 0.15) is 5.69 Å². The highest BCUT2D eigenvalue weighted by atomic mass is 79.9. The zero-order chi connectivity index (χ0) is 18.7. The van der Waals surface area contributed by atoms with E-state index in [1.165, 1.54) is 23.1 Å². The van der Waals surface area contributed by atoms with E-state index in [1.54, 1.807) is 31.5 Å². The van der Waals surface area contributed by atoms with Gasteiger partial charge in [0, 0.05) is 22.4 Å². The van der Waals surface area contributed by atoms with Gasteiger partial charge in [0.2, 0.25) is 0 Å². The molecular formula is C17H12BrClN6O. The smallest absolute Gasteiger partial charge is 0.251 e. The second-order valence-corrected chi connectivity index (χ2v) is 6.76. The highest BCUT2D eigenvalue weighted by molar-refractivity contribution is 9.10. The van der Waals surface area contributed by atoms with E-state index in [4.69, 9.17) is 16.9 Å². The molecule has 9 heteroatoms. The van der Waals surface area contributed by atoms with Crippen molar-refractivity contribution < 1.29 is 4.79 Å². The molecule has 2 aromatic heterocycles. The number of benzene rings is 1. The van der Waals surface area contributed by atoms with Gasteiger partial charge in [-0.3, -0.25) is 9.78 Å². The normalized spacial score (nSPS) is 11.6. The van der Waals surface area contributed by atoms with E-state index in [2.05, 4.69) is 36.3 Å². The van der Waals surface area contributed by atoms with Crippen LogP contribution in [0.1, 0.15) is 34.6 Å². The zero-order valence-electron chi connectivity index (χ0n) is 13.5. The average Bonchev–Trinajstić information content (AvgIpc) is 3.07. The topological polar surface area (TPSA) is 96.5 Å². The lowest BCUT2D eigenvalue weighted by atomic mass is 10.1. The molecule has 1 aromatic carbocycles. The summed E-state index contributed by atoms with van der Waals surface area (Å²) in [6.07, 6.45) is 6.18. The van der Waals surface area contributed by atoms with Crippen molar-refractivity contribution in [2.45, 2.75) is 13.0 Å². The molecule has 3 aromatic rings. The largest absolute Gasteiger partial charge is 0.344 e. The third-order valence-corrected chi connectivity index (χ3v) is 4.17. The summed E-state index contributed by atoms with van der Waals surface area (Å²) in [5.74, 6) is 0.143. The first-order valence-electron chi connectivity index (χ1n) is 7.51. The van der Waals surface area contributed by atoms with Crippen molar-refractivity contribution in [3.05, 3.63) is 69.3 Å². The second-order valence-electron chi connectivity index (χ2n) is 5.40. The maximum atomic E-state index is 12.6. The Morgan fingerprint density at radius 2 is 2.12 bits per heavy atom. The Labute approximate surface area is 162 Å². The molecule has 7 nitrogen and oxygen atoms in total. The van der Waals surface area contributed by atoms with Crippen molar-refractivity contribution in [1.82, 2.24) is 25.1 Å². The second kappa shape index (κ2) is 7.64. The van der Waals surface area contributed by atoms with Gasteiger partial charge in [-0.25, -0.2) is 9.67 Å². The van der Waals surface area contributed by atoms with Crippen LogP contribution in [0.15, 0.2) is 47.5 Å². The van der Waals surface area contributed by atoms with Gasteiger partial charge < -0.3 is 5.32 Å². The molecule has 1 N–H and O–H groups in total. The van der Waals surface area contributed by atoms with Crippen LogP contribution in [-0.4, -0.2) is 25.7 Å². The Morgan fingerprint density at radius 3 is 2.81 bits per heavy atom. The van der Waals surface area contributed by atoms with Crippen LogP contribution in [0.5, 0.6) is 0 Å². The van der Waals surface area contributed by atoms with E-state index in [0.717, 1.165) is 0 Å². The van der Waals surface area contributed by atoms with E-state index in [9.17, 15) is 4.79 Å². The molecule has 130 valence electrons. The van der Waals surface area contributed by atoms with Crippen molar-refractivity contribution in [2.75, 3.05) is 0 Å². The highest BCUT2D eigenvalue weighted by Gasteiger charge is 2.19. The molecule has 0 radical (unpaired) electrons. The molecular weight excluding hydrogens is 420 g/mol. The molecule has 0 spiro atoms. The first-order valence-corrected chi connectivity index (χ1v) is 8.68. The summed E-state index contributed by atoms with van der Waals surface area (Å²) < 4.78 is 2.15. The summed E-state index contributed by atoms with van der Waals surface area (Å²) in [5.41, 5.74) is 1.30. The maximum Gasteiger partial charge on any atom is 0.251 e. The fraction of sp³-hybridized carbons (Fsp3) is 0.118. The summed E-state index contributed by atoms with van der Waals surface area (Å²) in [4.78, 5) is 21.2. The van der Waals surface area contributed by atoms with Crippen LogP contribution >= 0.6 is 27.5 Å². The van der Waals surface area contributed by atoms with E-state index < -0.39 is 6.04 Å². The van der Waals surface area contributed by atoms with Crippen molar-refractivity contribution in [3.63, 3.8) is 0 Å². The third kappa shape index (κ3) is 3.90. The van der Waals surface area contributed by atoms with Crippen molar-refractivity contribution in [2.24, 2.45) is 0 Å². The van der Waals surface area contributed by atoms with Gasteiger partial charge in [-0.2, -0.15) is 10.4 Å². The molecule has 0 fully saturated rings. The summed E-state index contributed by atoms with van der Waals surface area (Å²) >= 11 is 9.22. The molecule has 3 rings (SSSR count). The van der Waals surface area contributed by atoms with E-state index in [1.807, 2.05) is 6.07 Å². The van der Waals surface area contributed by atoms with Crippen molar-refractivity contribution >= 4 is 33.4 Å². The van der Waals surface area contributed by atoms with Gasteiger partial charge in [-0.1, -0.05) is 27.5 Å². The third-order valence-electron chi connectivity index (χ3n) is 3.52. The molecule has 0 bridgehead atoms. The highest BCUT2D eigenvalue weighted by Crippen LogP contribution is 2.20. The van der Waals surface area contributed by atoms with Crippen molar-refractivity contribution in [3.8, 4) is 11.9 Å². The number of hydrogen-bond donors (Lipinski definition) is 1. The minimum Gasteiger partial charge on any atom is -0.344 e. The number of carbonyl (C=O) groups is 1. The number of hydrogen-bond acceptors (Lipinski definition) is 5. The van der Waals surface area contributed by atoms with E-state index >= 15 is 0 Å². The first-order chi connectivity index (χ1) is 12.5. The minimum atomic E-state index is -0.446. The van der Waals surface area contributed by atoms with Gasteiger partial charge in [0.05, 0.1) is 35.1 Å². The molecule has 0 saturated carbocycles. The number of halogens is 2. The molecule has 1 unspecified atom stereocenters. The quantitative estimate of drug-likeness (QED) is 0.682. The summed E-state index contributed by atoms with van der Waals surface area (Å²) in [6, 6.07) is 6.39.